The molecular formula is C29H28N2O7. The highest BCUT2D eigenvalue weighted by molar-refractivity contribution is 6.24. The minimum absolute atomic E-state index is 0.00835. The lowest BCUT2D eigenvalue weighted by molar-refractivity contribution is -0.144. The molecule has 0 aromatic heterocycles. The van der Waals surface area contributed by atoms with Crippen LogP contribution in [0.2, 0.25) is 0 Å². The number of nitrogens with zero attached hydrogens (tertiary/aromatic N) is 1. The van der Waals surface area contributed by atoms with Gasteiger partial charge < -0.3 is 21.1 Å². The van der Waals surface area contributed by atoms with Crippen LogP contribution >= 0.6 is 0 Å². The number of nitrogens with two attached hydrogens (primary N) is 1. The molecule has 0 saturated carbocycles. The standard InChI is InChI=1S/C29H28N2O7/c1-28(2,3)15-6-4-13(5-7-15)17-8-9-19(31-38)22-18(17)11-14-10-16-12-20(32)23(27(30)36)26(35)29(16,37)25(34)21(14)24(22)33/h4-9,14,16,32,34,37H,10-12H2,1-3H3,(H2,30,36)/t14-,16+,29+/m1/s1. The van der Waals surface area contributed by atoms with Crippen LogP contribution in [0.1, 0.15) is 55.1 Å². The zero-order valence-corrected chi connectivity index (χ0v) is 21.2. The molecule has 0 radical (unpaired) electrons. The monoisotopic (exact) mass is 516 g/mol. The maximum atomic E-state index is 13.8. The number of ketones is 2. The van der Waals surface area contributed by atoms with Crippen molar-refractivity contribution in [2.75, 3.05) is 0 Å². The van der Waals surface area contributed by atoms with E-state index in [1.54, 1.807) is 6.07 Å². The van der Waals surface area contributed by atoms with Crippen LogP contribution in [0, 0.1) is 16.7 Å². The van der Waals surface area contributed by atoms with Crippen molar-refractivity contribution in [3.63, 3.8) is 0 Å². The van der Waals surface area contributed by atoms with Crippen LogP contribution in [0.4, 0.5) is 5.69 Å². The number of primary amides is 1. The van der Waals surface area contributed by atoms with E-state index in [-0.39, 0.29) is 41.5 Å². The Hall–Kier alpha value is -4.11. The summed E-state index contributed by atoms with van der Waals surface area (Å²) in [5.41, 5.74) is 4.78. The molecule has 1 amide bonds. The molecule has 0 aliphatic heterocycles. The fourth-order valence-corrected chi connectivity index (χ4v) is 6.12. The van der Waals surface area contributed by atoms with E-state index in [1.165, 1.54) is 6.07 Å². The molecule has 3 aliphatic carbocycles. The van der Waals surface area contributed by atoms with E-state index in [2.05, 4.69) is 25.9 Å². The van der Waals surface area contributed by atoms with Gasteiger partial charge in [0.25, 0.3) is 5.91 Å². The van der Waals surface area contributed by atoms with Crippen LogP contribution < -0.4 is 5.73 Å². The number of carbonyl (C=O) groups excluding carboxylic acids is 3. The Morgan fingerprint density at radius 1 is 1.05 bits per heavy atom. The van der Waals surface area contributed by atoms with Crippen LogP contribution in [0.5, 0.6) is 0 Å². The van der Waals surface area contributed by atoms with E-state index in [9.17, 15) is 34.6 Å². The third-order valence-corrected chi connectivity index (χ3v) is 8.11. The Kier molecular flexibility index (Phi) is 5.68. The number of rotatable bonds is 3. The molecular weight excluding hydrogens is 488 g/mol. The molecule has 196 valence electrons. The number of fused-ring (bicyclic) bond motifs is 3. The molecule has 5 N–H and O–H groups in total. The maximum absolute atomic E-state index is 13.8. The van der Waals surface area contributed by atoms with E-state index in [4.69, 9.17) is 5.73 Å². The second-order valence-electron chi connectivity index (χ2n) is 11.3. The first kappa shape index (κ1) is 25.5. The molecule has 2 aromatic carbocycles. The summed E-state index contributed by atoms with van der Waals surface area (Å²) in [6, 6.07) is 11.1. The number of allylic oxidation sites excluding steroid dienone is 2. The second-order valence-corrected chi connectivity index (χ2v) is 11.3. The molecule has 3 aliphatic rings. The summed E-state index contributed by atoms with van der Waals surface area (Å²) in [4.78, 5) is 50.4. The zero-order valence-electron chi connectivity index (χ0n) is 21.2. The van der Waals surface area contributed by atoms with Gasteiger partial charge in [-0.3, -0.25) is 14.4 Å². The van der Waals surface area contributed by atoms with Crippen LogP contribution in [-0.2, 0) is 21.4 Å². The van der Waals surface area contributed by atoms with Gasteiger partial charge >= 0.3 is 0 Å². The first-order chi connectivity index (χ1) is 17.8. The Labute approximate surface area is 218 Å². The lowest BCUT2D eigenvalue weighted by atomic mass is 9.60. The van der Waals surface area contributed by atoms with Crippen LogP contribution in [0.15, 0.2) is 64.2 Å². The van der Waals surface area contributed by atoms with E-state index in [0.29, 0.717) is 5.56 Å². The SMILES string of the molecule is CC(C)(C)c1ccc(-c2ccc(N=O)c3c2C[C@H]2C[C@H]4CC(O)=C(C(N)=O)C(=O)[C@@]4(O)C(O)=C2C3=O)cc1. The Bertz CT molecular complexity index is 1490. The highest BCUT2D eigenvalue weighted by atomic mass is 16.3. The molecule has 0 fully saturated rings. The van der Waals surface area contributed by atoms with Gasteiger partial charge in [0.1, 0.15) is 22.8 Å². The van der Waals surface area contributed by atoms with Crippen molar-refractivity contribution >= 4 is 23.2 Å². The quantitative estimate of drug-likeness (QED) is 0.349. The number of carbonyl (C=O) groups is 3. The first-order valence-corrected chi connectivity index (χ1v) is 12.4. The van der Waals surface area contributed by atoms with Gasteiger partial charge in [-0.2, -0.15) is 0 Å². The largest absolute Gasteiger partial charge is 0.511 e. The Balaban J connectivity index is 1.67. The van der Waals surface area contributed by atoms with Crippen LogP contribution in [-0.4, -0.2) is 38.4 Å². The average Bonchev–Trinajstić information content (AvgIpc) is 2.85. The molecule has 9 heteroatoms. The van der Waals surface area contributed by atoms with Gasteiger partial charge in [0.2, 0.25) is 5.78 Å². The van der Waals surface area contributed by atoms with E-state index >= 15 is 0 Å². The minimum atomic E-state index is -2.59. The molecule has 0 heterocycles. The Morgan fingerprint density at radius 2 is 1.71 bits per heavy atom. The van der Waals surface area contributed by atoms with Crippen LogP contribution in [0.25, 0.3) is 11.1 Å². The first-order valence-electron chi connectivity index (χ1n) is 12.4. The number of Topliss-reactive ketones (excluding diaryl/α,β-unsaturated/α-hetero) is 2. The normalized spacial score (nSPS) is 25.1. The Morgan fingerprint density at radius 3 is 2.29 bits per heavy atom. The lowest BCUT2D eigenvalue weighted by Crippen LogP contribution is -2.57. The third kappa shape index (κ3) is 3.53. The summed E-state index contributed by atoms with van der Waals surface area (Å²) >= 11 is 0. The summed E-state index contributed by atoms with van der Waals surface area (Å²) < 4.78 is 0. The minimum Gasteiger partial charge on any atom is -0.511 e. The van der Waals surface area contributed by atoms with Crippen molar-refractivity contribution in [1.82, 2.24) is 0 Å². The molecule has 5 rings (SSSR count). The summed E-state index contributed by atoms with van der Waals surface area (Å²) in [6.45, 7) is 6.31. The van der Waals surface area contributed by atoms with Gasteiger partial charge in [0.05, 0.1) is 5.56 Å². The summed E-state index contributed by atoms with van der Waals surface area (Å²) in [7, 11) is 0. The van der Waals surface area contributed by atoms with Crippen LogP contribution in [0.3, 0.4) is 0 Å². The number of amides is 1. The number of hydrogen-bond acceptors (Lipinski definition) is 8. The van der Waals surface area contributed by atoms with Crippen molar-refractivity contribution in [3.05, 3.63) is 80.7 Å². The third-order valence-electron chi connectivity index (χ3n) is 8.11. The fraction of sp³-hybridized carbons (Fsp3) is 0.345. The predicted molar refractivity (Wildman–Crippen MR) is 139 cm³/mol. The molecule has 0 spiro atoms. The smallest absolute Gasteiger partial charge is 0.255 e. The molecule has 2 aromatic rings. The number of benzene rings is 2. The summed E-state index contributed by atoms with van der Waals surface area (Å²) in [5, 5.41) is 35.9. The number of aliphatic hydroxyl groups is 3. The average molecular weight is 517 g/mol. The van der Waals surface area contributed by atoms with E-state index in [0.717, 1.165) is 16.7 Å². The highest BCUT2D eigenvalue weighted by Crippen LogP contribution is 2.52. The molecule has 0 unspecified atom stereocenters. The predicted octanol–water partition coefficient (Wildman–Crippen LogP) is 4.24. The number of aliphatic hydroxyl groups excluding tert-OH is 2. The highest BCUT2D eigenvalue weighted by Gasteiger charge is 2.59. The van der Waals surface area contributed by atoms with Crippen molar-refractivity contribution in [3.8, 4) is 11.1 Å². The van der Waals surface area contributed by atoms with Gasteiger partial charge in [-0.15, -0.1) is 4.91 Å². The topological polar surface area (TPSA) is 167 Å². The molecule has 38 heavy (non-hydrogen) atoms. The zero-order chi connectivity index (χ0) is 27.7. The summed E-state index contributed by atoms with van der Waals surface area (Å²) in [5.74, 6) is -6.22. The van der Waals surface area contributed by atoms with Gasteiger partial charge in [-0.05, 0) is 57.7 Å². The number of hydrogen-bond donors (Lipinski definition) is 4. The fourth-order valence-electron chi connectivity index (χ4n) is 6.12. The van der Waals surface area contributed by atoms with Crippen molar-refractivity contribution < 1.29 is 29.7 Å². The van der Waals surface area contributed by atoms with E-state index < -0.39 is 52.0 Å². The maximum Gasteiger partial charge on any atom is 0.255 e. The van der Waals surface area contributed by atoms with Crippen molar-refractivity contribution in [2.24, 2.45) is 22.7 Å². The summed E-state index contributed by atoms with van der Waals surface area (Å²) in [6.07, 6.45) is 0.0324. The van der Waals surface area contributed by atoms with Gasteiger partial charge in [-0.1, -0.05) is 51.1 Å². The second kappa shape index (κ2) is 8.46. The van der Waals surface area contributed by atoms with Crippen molar-refractivity contribution in [1.29, 1.82) is 0 Å². The molecule has 3 atom stereocenters. The van der Waals surface area contributed by atoms with Gasteiger partial charge in [-0.25, -0.2) is 0 Å². The number of nitroso groups, excluding NO2 is 1. The van der Waals surface area contributed by atoms with Crippen molar-refractivity contribution in [2.45, 2.75) is 51.0 Å². The van der Waals surface area contributed by atoms with Gasteiger partial charge in [0.15, 0.2) is 11.4 Å². The molecule has 0 bridgehead atoms. The van der Waals surface area contributed by atoms with Gasteiger partial charge in [0, 0.05) is 17.9 Å². The molecule has 0 saturated heterocycles. The van der Waals surface area contributed by atoms with E-state index in [1.807, 2.05) is 24.3 Å². The lowest BCUT2D eigenvalue weighted by Gasteiger charge is -2.45. The molecule has 9 nitrogen and oxygen atoms in total.